The van der Waals surface area contributed by atoms with Crippen LogP contribution in [0.2, 0.25) is 10.0 Å². The second-order valence-corrected chi connectivity index (χ2v) is 7.57. The van der Waals surface area contributed by atoms with Crippen LogP contribution in [-0.4, -0.2) is 39.1 Å². The molecule has 0 fully saturated rings. The van der Waals surface area contributed by atoms with Gasteiger partial charge in [-0.15, -0.1) is 0 Å². The van der Waals surface area contributed by atoms with Crippen molar-refractivity contribution in [1.29, 1.82) is 0 Å². The zero-order chi connectivity index (χ0) is 22.8. The highest BCUT2D eigenvalue weighted by Gasteiger charge is 2.10. The number of nitrogens with zero attached hydrogens (tertiary/aromatic N) is 3. The van der Waals surface area contributed by atoms with E-state index in [1.54, 1.807) is 32.6 Å². The lowest BCUT2D eigenvalue weighted by molar-refractivity contribution is 0.387. The minimum Gasteiger partial charge on any atom is -0.480 e. The van der Waals surface area contributed by atoms with Crippen molar-refractivity contribution in [3.8, 4) is 17.0 Å². The third kappa shape index (κ3) is 6.45. The summed E-state index contributed by atoms with van der Waals surface area (Å²) < 4.78 is 8.57. The monoisotopic (exact) mass is 475 g/mol. The molecule has 9 heteroatoms. The molecule has 0 atom stereocenters. The zero-order valence-electron chi connectivity index (χ0n) is 17.4. The fraction of sp³-hybridized carbons (Fsp3) is 0.136. The van der Waals surface area contributed by atoms with Gasteiger partial charge in [-0.25, -0.2) is 4.98 Å². The van der Waals surface area contributed by atoms with Gasteiger partial charge in [0, 0.05) is 41.3 Å². The van der Waals surface area contributed by atoms with Crippen LogP contribution < -0.4 is 15.2 Å². The number of pyridine rings is 1. The van der Waals surface area contributed by atoms with Gasteiger partial charge in [0.15, 0.2) is 0 Å². The molecule has 2 aromatic carbocycles. The summed E-state index contributed by atoms with van der Waals surface area (Å²) in [4.78, 5) is 13.1. The summed E-state index contributed by atoms with van der Waals surface area (Å²) in [6.45, 7) is 3.61. The predicted molar refractivity (Wildman–Crippen MR) is 135 cm³/mol. The van der Waals surface area contributed by atoms with Crippen LogP contribution in [0, 0.1) is 0 Å². The van der Waals surface area contributed by atoms with Crippen LogP contribution in [-0.2, 0) is 0 Å². The minimum absolute atomic E-state index is 0.497. The molecule has 162 valence electrons. The molecule has 3 N–H and O–H groups in total. The maximum absolute atomic E-state index is 6.47. The molecule has 31 heavy (non-hydrogen) atoms. The van der Waals surface area contributed by atoms with Gasteiger partial charge in [-0.3, -0.25) is 9.98 Å². The Labute approximate surface area is 196 Å². The van der Waals surface area contributed by atoms with Crippen molar-refractivity contribution in [2.24, 2.45) is 15.7 Å². The predicted octanol–water partition coefficient (Wildman–Crippen LogP) is 6.14. The first-order chi connectivity index (χ1) is 15.0. The lowest BCUT2D eigenvalue weighted by Gasteiger charge is -2.12. The summed E-state index contributed by atoms with van der Waals surface area (Å²) in [6, 6.07) is 13.4. The molecule has 6 nitrogen and oxygen atoms in total. The Hall–Kier alpha value is -2.58. The second kappa shape index (κ2) is 12.3. The fourth-order valence-corrected chi connectivity index (χ4v) is 3.88. The van der Waals surface area contributed by atoms with Gasteiger partial charge in [-0.1, -0.05) is 29.3 Å². The molecule has 0 bridgehead atoms. The van der Waals surface area contributed by atoms with Gasteiger partial charge in [0.2, 0.25) is 5.88 Å². The van der Waals surface area contributed by atoms with E-state index in [4.69, 9.17) is 27.9 Å². The fourth-order valence-electron chi connectivity index (χ4n) is 2.67. The van der Waals surface area contributed by atoms with Crippen molar-refractivity contribution >= 4 is 59.5 Å². The highest BCUT2D eigenvalue weighted by atomic mass is 35.5. The lowest BCUT2D eigenvalue weighted by atomic mass is 10.0. The van der Waals surface area contributed by atoms with E-state index >= 15 is 0 Å². The molecule has 0 aliphatic rings. The van der Waals surface area contributed by atoms with Crippen molar-refractivity contribution in [2.75, 3.05) is 25.9 Å². The molecule has 0 spiro atoms. The molecule has 0 saturated heterocycles. The smallest absolute Gasteiger partial charge is 0.228 e. The van der Waals surface area contributed by atoms with Crippen LogP contribution in [0.25, 0.3) is 11.1 Å². The van der Waals surface area contributed by atoms with Gasteiger partial charge in [0.25, 0.3) is 0 Å². The van der Waals surface area contributed by atoms with E-state index in [1.807, 2.05) is 36.4 Å². The van der Waals surface area contributed by atoms with E-state index in [0.29, 0.717) is 15.9 Å². The molecule has 0 unspecified atom stereocenters. The molecule has 0 aliphatic carbocycles. The Morgan fingerprint density at radius 2 is 1.94 bits per heavy atom. The zero-order valence-corrected chi connectivity index (χ0v) is 19.7. The molecule has 0 amide bonds. The highest BCUT2D eigenvalue weighted by molar-refractivity contribution is 8.00. The number of aromatic nitrogens is 1. The Morgan fingerprint density at radius 1 is 1.16 bits per heavy atom. The molecule has 3 aromatic rings. The van der Waals surface area contributed by atoms with Gasteiger partial charge in [-0.2, -0.15) is 0 Å². The van der Waals surface area contributed by atoms with Crippen molar-refractivity contribution in [3.05, 3.63) is 64.3 Å². The van der Waals surface area contributed by atoms with Crippen molar-refractivity contribution in [1.82, 2.24) is 4.98 Å². The normalized spacial score (nSPS) is 10.4. The molecular weight excluding hydrogens is 453 g/mol. The first-order valence-electron chi connectivity index (χ1n) is 9.08. The van der Waals surface area contributed by atoms with Gasteiger partial charge < -0.3 is 15.2 Å². The number of halogens is 2. The van der Waals surface area contributed by atoms with Gasteiger partial charge >= 0.3 is 0 Å². The average Bonchev–Trinajstić information content (AvgIpc) is 2.80. The van der Waals surface area contributed by atoms with E-state index in [0.717, 1.165) is 33.0 Å². The SMILES string of the molecule is C=Nc1ccc(-c2cc(NSc3cc(Cl)cnc3OC)ccc2Cl)cc1C=NC.CN. The van der Waals surface area contributed by atoms with Crippen LogP contribution in [0.5, 0.6) is 5.88 Å². The lowest BCUT2D eigenvalue weighted by Crippen LogP contribution is -1.94. The number of benzene rings is 2. The summed E-state index contributed by atoms with van der Waals surface area (Å²) in [7, 11) is 4.78. The maximum Gasteiger partial charge on any atom is 0.228 e. The number of methoxy groups -OCH3 is 1. The molecule has 1 aromatic heterocycles. The van der Waals surface area contributed by atoms with Crippen LogP contribution in [0.3, 0.4) is 0 Å². The van der Waals surface area contributed by atoms with Crippen LogP contribution in [0.1, 0.15) is 5.56 Å². The average molecular weight is 476 g/mol. The van der Waals surface area contributed by atoms with Crippen LogP contribution >= 0.6 is 35.1 Å². The maximum atomic E-state index is 6.47. The molecule has 0 saturated carbocycles. The van der Waals surface area contributed by atoms with Crippen molar-refractivity contribution in [2.45, 2.75) is 4.90 Å². The number of rotatable bonds is 7. The number of nitrogens with two attached hydrogens (primary N) is 1. The van der Waals surface area contributed by atoms with E-state index in [2.05, 4.69) is 32.1 Å². The molecule has 3 rings (SSSR count). The van der Waals surface area contributed by atoms with Gasteiger partial charge in [-0.05, 0) is 67.7 Å². The number of nitrogens with one attached hydrogen (secondary N) is 1. The largest absolute Gasteiger partial charge is 0.480 e. The molecular formula is C22H23Cl2N5OS. The summed E-state index contributed by atoms with van der Waals surface area (Å²) in [5.74, 6) is 0.497. The van der Waals surface area contributed by atoms with E-state index in [1.165, 1.54) is 19.0 Å². The second-order valence-electron chi connectivity index (χ2n) is 5.88. The Balaban J connectivity index is 0.00000166. The van der Waals surface area contributed by atoms with Crippen LogP contribution in [0.15, 0.2) is 63.5 Å². The summed E-state index contributed by atoms with van der Waals surface area (Å²) in [5, 5.41) is 1.18. The van der Waals surface area contributed by atoms with E-state index in [9.17, 15) is 0 Å². The summed E-state index contributed by atoms with van der Waals surface area (Å²) in [6.07, 6.45) is 3.29. The first-order valence-corrected chi connectivity index (χ1v) is 10.7. The highest BCUT2D eigenvalue weighted by Crippen LogP contribution is 2.35. The Morgan fingerprint density at radius 3 is 2.61 bits per heavy atom. The number of aliphatic imine (C=N–C) groups is 2. The number of hydrogen-bond acceptors (Lipinski definition) is 7. The quantitative estimate of drug-likeness (QED) is 0.316. The molecule has 0 radical (unpaired) electrons. The van der Waals surface area contributed by atoms with Crippen LogP contribution in [0.4, 0.5) is 11.4 Å². The number of ether oxygens (including phenoxy) is 1. The number of anilines is 1. The minimum atomic E-state index is 0.497. The van der Waals surface area contributed by atoms with Crippen molar-refractivity contribution in [3.63, 3.8) is 0 Å². The third-order valence-corrected chi connectivity index (χ3v) is 5.39. The van der Waals surface area contributed by atoms with Gasteiger partial charge in [0.1, 0.15) is 0 Å². The summed E-state index contributed by atoms with van der Waals surface area (Å²) in [5.41, 5.74) is 8.84. The summed E-state index contributed by atoms with van der Waals surface area (Å²) >= 11 is 13.9. The first kappa shape index (κ1) is 24.7. The van der Waals surface area contributed by atoms with E-state index < -0.39 is 0 Å². The van der Waals surface area contributed by atoms with Crippen molar-refractivity contribution < 1.29 is 4.74 Å². The molecule has 0 aliphatic heterocycles. The molecule has 1 heterocycles. The Kier molecular flexibility index (Phi) is 9.81. The number of hydrogen-bond donors (Lipinski definition) is 2. The topological polar surface area (TPSA) is 84.9 Å². The third-order valence-electron chi connectivity index (χ3n) is 4.00. The van der Waals surface area contributed by atoms with E-state index in [-0.39, 0.29) is 0 Å². The Bertz CT molecular complexity index is 1080. The van der Waals surface area contributed by atoms with Gasteiger partial charge in [0.05, 0.1) is 22.7 Å². The standard InChI is InChI=1S/C21H18Cl2N4OS.CH5N/c1-24-11-14-8-13(4-7-19(14)25-2)17-10-16(5-6-18(17)23)27-29-20-9-15(22)12-26-21(20)28-3;1-2/h4-12,27H,2H2,1,3H3;2H2,1H3.